The van der Waals surface area contributed by atoms with Gasteiger partial charge in [0.1, 0.15) is 22.3 Å². The van der Waals surface area contributed by atoms with Crippen molar-refractivity contribution in [1.29, 1.82) is 0 Å². The summed E-state index contributed by atoms with van der Waals surface area (Å²) in [7, 11) is 0. The van der Waals surface area contributed by atoms with E-state index >= 15 is 0 Å². The minimum Gasteiger partial charge on any atom is -0.456 e. The zero-order valence-corrected chi connectivity index (χ0v) is 27.2. The van der Waals surface area contributed by atoms with Crippen molar-refractivity contribution in [3.8, 4) is 11.1 Å². The van der Waals surface area contributed by atoms with Crippen molar-refractivity contribution in [3.63, 3.8) is 0 Å². The maximum atomic E-state index is 6.43. The van der Waals surface area contributed by atoms with Crippen molar-refractivity contribution in [1.82, 2.24) is 0 Å². The smallest absolute Gasteiger partial charge is 0.137 e. The molecule has 6 aromatic carbocycles. The Balaban J connectivity index is 1.08. The summed E-state index contributed by atoms with van der Waals surface area (Å²) >= 11 is 0. The van der Waals surface area contributed by atoms with Gasteiger partial charge in [0.05, 0.1) is 0 Å². The van der Waals surface area contributed by atoms with E-state index in [1.54, 1.807) is 11.1 Å². The fourth-order valence-corrected chi connectivity index (χ4v) is 11.4. The van der Waals surface area contributed by atoms with Crippen LogP contribution in [0.5, 0.6) is 0 Å². The summed E-state index contributed by atoms with van der Waals surface area (Å²) < 4.78 is 12.9. The second kappa shape index (κ2) is 9.45. The second-order valence-corrected chi connectivity index (χ2v) is 15.3. The summed E-state index contributed by atoms with van der Waals surface area (Å²) in [4.78, 5) is 2.39. The zero-order chi connectivity index (χ0) is 31.8. The van der Waals surface area contributed by atoms with E-state index in [0.717, 1.165) is 84.6 Å². The average Bonchev–Trinajstić information content (AvgIpc) is 3.78. The topological polar surface area (TPSA) is 29.5 Å². The van der Waals surface area contributed by atoms with Gasteiger partial charge in [-0.1, -0.05) is 66.7 Å². The third-order valence-corrected chi connectivity index (χ3v) is 13.0. The molecule has 0 atom stereocenters. The minimum absolute atomic E-state index is 0.156. The third-order valence-electron chi connectivity index (χ3n) is 13.0. The standard InChI is InChI=1S/C46H35NO2/c1-4-10-40-34(7-1)39-24-31(15-18-41(39)46(40)29-20-27-19-28(22-29)23-30(46)21-27)47(32-13-16-37-35-8-2-5-11-42(35)48-44(37)25-32)33-14-17-38-36-9-3-6-12-43(36)49-45(38)26-33/h1-18,24-30H,19-23H2. The summed E-state index contributed by atoms with van der Waals surface area (Å²) in [6, 6.07) is 46.8. The van der Waals surface area contributed by atoms with Crippen molar-refractivity contribution in [3.05, 3.63) is 139 Å². The lowest BCUT2D eigenvalue weighted by Gasteiger charge is -2.61. The van der Waals surface area contributed by atoms with Gasteiger partial charge in [0.25, 0.3) is 0 Å². The molecule has 0 amide bonds. The van der Waals surface area contributed by atoms with Crippen LogP contribution in [0.25, 0.3) is 55.0 Å². The molecule has 0 unspecified atom stereocenters. The molecule has 0 aliphatic heterocycles. The molecule has 4 fully saturated rings. The number of rotatable bonds is 3. The van der Waals surface area contributed by atoms with Crippen LogP contribution in [0.3, 0.4) is 0 Å². The molecule has 1 spiro atoms. The Kier molecular flexibility index (Phi) is 5.14. The average molecular weight is 634 g/mol. The highest BCUT2D eigenvalue weighted by atomic mass is 16.3. The number of furan rings is 2. The normalized spacial score (nSPS) is 24.8. The fourth-order valence-electron chi connectivity index (χ4n) is 11.4. The van der Waals surface area contributed by atoms with Crippen LogP contribution in [-0.4, -0.2) is 0 Å². The molecule has 3 nitrogen and oxygen atoms in total. The lowest BCUT2D eigenvalue weighted by atomic mass is 9.43. The Bertz CT molecular complexity index is 2510. The molecule has 3 heteroatoms. The molecule has 49 heavy (non-hydrogen) atoms. The maximum Gasteiger partial charge on any atom is 0.137 e. The van der Waals surface area contributed by atoms with Gasteiger partial charge in [-0.15, -0.1) is 0 Å². The van der Waals surface area contributed by atoms with Gasteiger partial charge >= 0.3 is 0 Å². The van der Waals surface area contributed by atoms with Crippen molar-refractivity contribution >= 4 is 60.9 Å². The summed E-state index contributed by atoms with van der Waals surface area (Å²) in [5, 5.41) is 4.57. The zero-order valence-electron chi connectivity index (χ0n) is 27.2. The first-order valence-electron chi connectivity index (χ1n) is 18.1. The summed E-state index contributed by atoms with van der Waals surface area (Å²) in [6.45, 7) is 0. The van der Waals surface area contributed by atoms with E-state index in [4.69, 9.17) is 8.83 Å². The highest BCUT2D eigenvalue weighted by Gasteiger charge is 2.61. The molecular formula is C46H35NO2. The van der Waals surface area contributed by atoms with Crippen molar-refractivity contribution < 1.29 is 8.83 Å². The van der Waals surface area contributed by atoms with Crippen molar-refractivity contribution in [2.45, 2.75) is 37.5 Å². The minimum atomic E-state index is 0.156. The fraction of sp³-hybridized carbons (Fsp3) is 0.217. The lowest BCUT2D eigenvalue weighted by molar-refractivity contribution is -0.0399. The molecule has 0 N–H and O–H groups in total. The molecule has 236 valence electrons. The first kappa shape index (κ1) is 26.6. The highest BCUT2D eigenvalue weighted by molar-refractivity contribution is 6.08. The second-order valence-electron chi connectivity index (χ2n) is 15.3. The Morgan fingerprint density at radius 3 is 1.55 bits per heavy atom. The highest BCUT2D eigenvalue weighted by Crippen LogP contribution is 2.69. The molecule has 4 saturated carbocycles. The maximum absolute atomic E-state index is 6.43. The monoisotopic (exact) mass is 633 g/mol. The number of benzene rings is 6. The Morgan fingerprint density at radius 1 is 0.429 bits per heavy atom. The van der Waals surface area contributed by atoms with E-state index in [9.17, 15) is 0 Å². The van der Waals surface area contributed by atoms with E-state index in [2.05, 4.69) is 120 Å². The number of para-hydroxylation sites is 2. The van der Waals surface area contributed by atoms with Crippen LogP contribution in [0.4, 0.5) is 17.1 Å². The van der Waals surface area contributed by atoms with Crippen LogP contribution in [-0.2, 0) is 5.41 Å². The first-order chi connectivity index (χ1) is 24.2. The number of anilines is 3. The van der Waals surface area contributed by atoms with E-state index in [0.29, 0.717) is 0 Å². The molecule has 2 aromatic heterocycles. The third kappa shape index (κ3) is 3.48. The summed E-state index contributed by atoms with van der Waals surface area (Å²) in [5.41, 5.74) is 13.1. The molecule has 5 aliphatic carbocycles. The van der Waals surface area contributed by atoms with Gasteiger partial charge < -0.3 is 13.7 Å². The predicted octanol–water partition coefficient (Wildman–Crippen LogP) is 12.7. The SMILES string of the molecule is c1ccc2c(c1)-c1cc(N(c3ccc4c(c3)oc3ccccc34)c3ccc4c(c3)oc3ccccc34)ccc1C21C2CC3CC(C2)CC1C3. The molecule has 0 saturated heterocycles. The molecule has 8 aromatic rings. The number of fused-ring (bicyclic) bond motifs is 9. The summed E-state index contributed by atoms with van der Waals surface area (Å²) in [5.74, 6) is 3.36. The van der Waals surface area contributed by atoms with Gasteiger partial charge in [-0.2, -0.15) is 0 Å². The van der Waals surface area contributed by atoms with Crippen LogP contribution in [0.1, 0.15) is 43.2 Å². The van der Waals surface area contributed by atoms with Crippen LogP contribution >= 0.6 is 0 Å². The molecule has 4 bridgehead atoms. The Hall–Kier alpha value is -5.28. The molecule has 2 heterocycles. The van der Waals surface area contributed by atoms with Crippen molar-refractivity contribution in [2.75, 3.05) is 4.90 Å². The van der Waals surface area contributed by atoms with Gasteiger partial charge in [-0.3, -0.25) is 0 Å². The largest absolute Gasteiger partial charge is 0.456 e. The van der Waals surface area contributed by atoms with Crippen molar-refractivity contribution in [2.24, 2.45) is 23.7 Å². The quantitative estimate of drug-likeness (QED) is 0.194. The van der Waals surface area contributed by atoms with Crippen LogP contribution in [0.15, 0.2) is 136 Å². The van der Waals surface area contributed by atoms with E-state index in [1.807, 2.05) is 12.1 Å². The van der Waals surface area contributed by atoms with Crippen LogP contribution in [0.2, 0.25) is 0 Å². The van der Waals surface area contributed by atoms with E-state index < -0.39 is 0 Å². The van der Waals surface area contributed by atoms with E-state index in [-0.39, 0.29) is 5.41 Å². The molecule has 0 radical (unpaired) electrons. The van der Waals surface area contributed by atoms with Crippen LogP contribution in [0, 0.1) is 23.7 Å². The lowest BCUT2D eigenvalue weighted by Crippen LogP contribution is -2.55. The van der Waals surface area contributed by atoms with Crippen LogP contribution < -0.4 is 4.90 Å². The Morgan fingerprint density at radius 2 is 0.918 bits per heavy atom. The van der Waals surface area contributed by atoms with Gasteiger partial charge in [-0.25, -0.2) is 0 Å². The van der Waals surface area contributed by atoms with Gasteiger partial charge in [0.2, 0.25) is 0 Å². The number of nitrogens with zero attached hydrogens (tertiary/aromatic N) is 1. The Labute approximate surface area is 284 Å². The van der Waals surface area contributed by atoms with Gasteiger partial charge in [-0.05, 0) is 127 Å². The molecule has 5 aliphatic rings. The van der Waals surface area contributed by atoms with E-state index in [1.165, 1.54) is 43.2 Å². The predicted molar refractivity (Wildman–Crippen MR) is 199 cm³/mol. The summed E-state index contributed by atoms with van der Waals surface area (Å²) in [6.07, 6.45) is 7.04. The van der Waals surface area contributed by atoms with Gasteiger partial charge in [0.15, 0.2) is 0 Å². The number of hydrogen-bond donors (Lipinski definition) is 0. The van der Waals surface area contributed by atoms with Gasteiger partial charge in [0, 0.05) is 56.2 Å². The number of hydrogen-bond acceptors (Lipinski definition) is 3. The first-order valence-corrected chi connectivity index (χ1v) is 18.1. The molecule has 13 rings (SSSR count). The molecular weight excluding hydrogens is 599 g/mol.